The topological polar surface area (TPSA) is 20.3 Å². The van der Waals surface area contributed by atoms with Crippen LogP contribution >= 0.6 is 11.8 Å². The van der Waals surface area contributed by atoms with Crippen LogP contribution in [-0.4, -0.2) is 29.4 Å². The number of halogens is 3. The summed E-state index contributed by atoms with van der Waals surface area (Å²) in [4.78, 5) is 13.5. The van der Waals surface area contributed by atoms with E-state index in [1.54, 1.807) is 23.1 Å². The van der Waals surface area contributed by atoms with Gasteiger partial charge in [0.15, 0.2) is 0 Å². The molecule has 2 nitrogen and oxygen atoms in total. The third-order valence-corrected chi connectivity index (χ3v) is 3.35. The summed E-state index contributed by atoms with van der Waals surface area (Å²) >= 11 is -0.153. The first-order chi connectivity index (χ1) is 9.35. The van der Waals surface area contributed by atoms with Crippen LogP contribution in [0.25, 0.3) is 6.08 Å². The first-order valence-electron chi connectivity index (χ1n) is 6.18. The number of benzene rings is 1. The molecule has 0 heterocycles. The Labute approximate surface area is 120 Å². The molecule has 0 N–H and O–H groups in total. The molecule has 0 spiro atoms. The Bertz CT molecular complexity index is 464. The zero-order chi connectivity index (χ0) is 15.2. The van der Waals surface area contributed by atoms with Gasteiger partial charge in [-0.05, 0) is 49.4 Å². The summed E-state index contributed by atoms with van der Waals surface area (Å²) < 4.78 is 36.5. The van der Waals surface area contributed by atoms with Gasteiger partial charge in [0.1, 0.15) is 0 Å². The zero-order valence-corrected chi connectivity index (χ0v) is 12.1. The molecule has 1 rings (SSSR count). The van der Waals surface area contributed by atoms with Gasteiger partial charge in [0.2, 0.25) is 5.91 Å². The third kappa shape index (κ3) is 5.69. The normalized spacial score (nSPS) is 11.8. The second-order valence-electron chi connectivity index (χ2n) is 3.96. The summed E-state index contributed by atoms with van der Waals surface area (Å²) in [7, 11) is 0. The fourth-order valence-electron chi connectivity index (χ4n) is 1.59. The van der Waals surface area contributed by atoms with Crippen molar-refractivity contribution in [3.05, 3.63) is 35.9 Å². The van der Waals surface area contributed by atoms with Crippen LogP contribution in [-0.2, 0) is 4.79 Å². The van der Waals surface area contributed by atoms with Gasteiger partial charge in [-0.2, -0.15) is 13.2 Å². The maximum atomic E-state index is 12.2. The molecule has 0 unspecified atom stereocenters. The number of alkyl halides is 3. The standard InChI is InChI=1S/C14H16F3NOS/c1-3-18(4-2)13(19)10-7-11-5-8-12(9-6-11)20-14(15,16)17/h5-10H,3-4H2,1-2H3/b10-7+. The minimum absolute atomic E-state index is 0.108. The van der Waals surface area contributed by atoms with Crippen LogP contribution in [0, 0.1) is 0 Å². The fraction of sp³-hybridized carbons (Fsp3) is 0.357. The van der Waals surface area contributed by atoms with E-state index in [0.29, 0.717) is 18.7 Å². The predicted octanol–water partition coefficient (Wildman–Crippen LogP) is 4.18. The molecule has 0 atom stereocenters. The van der Waals surface area contributed by atoms with Crippen molar-refractivity contribution in [1.29, 1.82) is 0 Å². The molecule has 0 aliphatic rings. The second-order valence-corrected chi connectivity index (χ2v) is 5.10. The second kappa shape index (κ2) is 7.38. The first kappa shape index (κ1) is 16.6. The Hall–Kier alpha value is -1.43. The maximum absolute atomic E-state index is 12.2. The molecule has 20 heavy (non-hydrogen) atoms. The largest absolute Gasteiger partial charge is 0.446 e. The van der Waals surface area contributed by atoms with Gasteiger partial charge >= 0.3 is 5.51 Å². The van der Waals surface area contributed by atoms with E-state index in [-0.39, 0.29) is 22.6 Å². The molecule has 1 aromatic rings. The lowest BCUT2D eigenvalue weighted by molar-refractivity contribution is -0.125. The summed E-state index contributed by atoms with van der Waals surface area (Å²) in [5, 5.41) is 0. The average Bonchev–Trinajstić information content (AvgIpc) is 2.37. The Balaban J connectivity index is 2.68. The molecule has 0 aromatic heterocycles. The lowest BCUT2D eigenvalue weighted by atomic mass is 10.2. The van der Waals surface area contributed by atoms with E-state index in [1.807, 2.05) is 13.8 Å². The quantitative estimate of drug-likeness (QED) is 0.601. The van der Waals surface area contributed by atoms with Crippen LogP contribution in [0.2, 0.25) is 0 Å². The molecule has 0 bridgehead atoms. The number of nitrogens with zero attached hydrogens (tertiary/aromatic N) is 1. The van der Waals surface area contributed by atoms with Crippen molar-refractivity contribution in [2.45, 2.75) is 24.3 Å². The molecule has 6 heteroatoms. The highest BCUT2D eigenvalue weighted by Crippen LogP contribution is 2.36. The van der Waals surface area contributed by atoms with Gasteiger partial charge in [-0.15, -0.1) is 0 Å². The highest BCUT2D eigenvalue weighted by Gasteiger charge is 2.28. The third-order valence-electron chi connectivity index (χ3n) is 2.61. The SMILES string of the molecule is CCN(CC)C(=O)/C=C/c1ccc(SC(F)(F)F)cc1. The van der Waals surface area contributed by atoms with Crippen molar-refractivity contribution in [2.24, 2.45) is 0 Å². The van der Waals surface area contributed by atoms with Crippen molar-refractivity contribution >= 4 is 23.7 Å². The lowest BCUT2D eigenvalue weighted by Crippen LogP contribution is -2.28. The maximum Gasteiger partial charge on any atom is 0.446 e. The Morgan fingerprint density at radius 2 is 1.75 bits per heavy atom. The van der Waals surface area contributed by atoms with Crippen molar-refractivity contribution in [1.82, 2.24) is 4.90 Å². The van der Waals surface area contributed by atoms with Crippen LogP contribution in [0.5, 0.6) is 0 Å². The van der Waals surface area contributed by atoms with Gasteiger partial charge < -0.3 is 4.90 Å². The van der Waals surface area contributed by atoms with E-state index in [9.17, 15) is 18.0 Å². The molecule has 0 aliphatic carbocycles. The van der Waals surface area contributed by atoms with E-state index in [4.69, 9.17) is 0 Å². The predicted molar refractivity (Wildman–Crippen MR) is 75.3 cm³/mol. The highest BCUT2D eigenvalue weighted by atomic mass is 32.2. The molecular weight excluding hydrogens is 287 g/mol. The van der Waals surface area contributed by atoms with Crippen molar-refractivity contribution in [2.75, 3.05) is 13.1 Å². The lowest BCUT2D eigenvalue weighted by Gasteiger charge is -2.15. The molecule has 0 saturated heterocycles. The van der Waals surface area contributed by atoms with E-state index in [1.165, 1.54) is 18.2 Å². The van der Waals surface area contributed by atoms with Crippen molar-refractivity contribution in [3.8, 4) is 0 Å². The van der Waals surface area contributed by atoms with Crippen molar-refractivity contribution in [3.63, 3.8) is 0 Å². The summed E-state index contributed by atoms with van der Waals surface area (Å²) in [5.41, 5.74) is -3.59. The Kier molecular flexibility index (Phi) is 6.13. The number of hydrogen-bond donors (Lipinski definition) is 0. The number of amides is 1. The van der Waals surface area contributed by atoms with Gasteiger partial charge in [-0.25, -0.2) is 0 Å². The molecule has 110 valence electrons. The van der Waals surface area contributed by atoms with Crippen LogP contribution in [0.1, 0.15) is 19.4 Å². The van der Waals surface area contributed by atoms with E-state index in [0.717, 1.165) is 0 Å². The Morgan fingerprint density at radius 1 is 1.20 bits per heavy atom. The van der Waals surface area contributed by atoms with Crippen LogP contribution < -0.4 is 0 Å². The van der Waals surface area contributed by atoms with E-state index in [2.05, 4.69) is 0 Å². The number of rotatable bonds is 5. The molecule has 0 radical (unpaired) electrons. The van der Waals surface area contributed by atoms with Crippen molar-refractivity contribution < 1.29 is 18.0 Å². The van der Waals surface area contributed by atoms with E-state index >= 15 is 0 Å². The van der Waals surface area contributed by atoms with Crippen LogP contribution in [0.15, 0.2) is 35.2 Å². The van der Waals surface area contributed by atoms with Gasteiger partial charge in [0, 0.05) is 24.1 Å². The minimum atomic E-state index is -4.28. The molecule has 1 amide bonds. The van der Waals surface area contributed by atoms with E-state index < -0.39 is 5.51 Å². The molecule has 0 saturated carbocycles. The molecule has 0 aliphatic heterocycles. The van der Waals surface area contributed by atoms with Gasteiger partial charge in [0.25, 0.3) is 0 Å². The van der Waals surface area contributed by atoms with Gasteiger partial charge in [-0.1, -0.05) is 12.1 Å². The first-order valence-corrected chi connectivity index (χ1v) is 7.00. The number of carbonyl (C=O) groups excluding carboxylic acids is 1. The molecule has 0 fully saturated rings. The molecular formula is C14H16F3NOS. The Morgan fingerprint density at radius 3 is 2.20 bits per heavy atom. The number of hydrogen-bond acceptors (Lipinski definition) is 2. The van der Waals surface area contributed by atoms with Crippen LogP contribution in [0.4, 0.5) is 13.2 Å². The highest BCUT2D eigenvalue weighted by molar-refractivity contribution is 8.00. The summed E-state index contributed by atoms with van der Waals surface area (Å²) in [6.45, 7) is 5.03. The number of likely N-dealkylation sites (N-methyl/N-ethyl adjacent to an activating group) is 1. The zero-order valence-electron chi connectivity index (χ0n) is 11.3. The minimum Gasteiger partial charge on any atom is -0.340 e. The van der Waals surface area contributed by atoms with Crippen LogP contribution in [0.3, 0.4) is 0 Å². The molecule has 1 aromatic carbocycles. The summed E-state index contributed by atoms with van der Waals surface area (Å²) in [6.07, 6.45) is 3.03. The summed E-state index contributed by atoms with van der Waals surface area (Å²) in [5.74, 6) is -0.108. The summed E-state index contributed by atoms with van der Waals surface area (Å²) in [6, 6.07) is 5.89. The van der Waals surface area contributed by atoms with Gasteiger partial charge in [0.05, 0.1) is 0 Å². The average molecular weight is 303 g/mol. The smallest absolute Gasteiger partial charge is 0.340 e. The number of thioether (sulfide) groups is 1. The monoisotopic (exact) mass is 303 g/mol. The van der Waals surface area contributed by atoms with Gasteiger partial charge in [-0.3, -0.25) is 4.79 Å². The number of carbonyl (C=O) groups is 1. The fourth-order valence-corrected chi connectivity index (χ4v) is 2.13.